The standard InChI is InChI=1S/C5H8N4/c1-4-2-8-9-5(4)7-3-6-1/h3-4,8H,1-2H2,(H,6,7,9). The molecule has 48 valence electrons. The molecule has 2 aliphatic rings. The van der Waals surface area contributed by atoms with Crippen LogP contribution in [-0.4, -0.2) is 25.3 Å². The van der Waals surface area contributed by atoms with Crippen LogP contribution in [0.5, 0.6) is 0 Å². The fourth-order valence-electron chi connectivity index (χ4n) is 1.03. The maximum absolute atomic E-state index is 4.04. The largest absolute Gasteiger partial charge is 0.309 e. The Bertz CT molecular complexity index is 172. The third kappa shape index (κ3) is 0.712. The second-order valence-corrected chi connectivity index (χ2v) is 2.20. The molecule has 1 saturated heterocycles. The van der Waals surface area contributed by atoms with Crippen molar-refractivity contribution in [3.05, 3.63) is 0 Å². The van der Waals surface area contributed by atoms with Gasteiger partial charge in [-0.1, -0.05) is 0 Å². The van der Waals surface area contributed by atoms with Crippen LogP contribution in [0.4, 0.5) is 0 Å². The first-order chi connectivity index (χ1) is 4.47. The molecule has 2 N–H and O–H groups in total. The van der Waals surface area contributed by atoms with Crippen LogP contribution in [0.3, 0.4) is 0 Å². The third-order valence-corrected chi connectivity index (χ3v) is 1.56. The van der Waals surface area contributed by atoms with Crippen molar-refractivity contribution in [2.75, 3.05) is 13.1 Å². The van der Waals surface area contributed by atoms with Crippen molar-refractivity contribution >= 4 is 12.2 Å². The van der Waals surface area contributed by atoms with Gasteiger partial charge in [-0.05, 0) is 0 Å². The van der Waals surface area contributed by atoms with Gasteiger partial charge in [0.1, 0.15) is 12.2 Å². The van der Waals surface area contributed by atoms with Crippen LogP contribution in [-0.2, 0) is 0 Å². The Morgan fingerprint density at radius 2 is 2.67 bits per heavy atom. The fraction of sp³-hybridized carbons (Fsp3) is 0.600. The van der Waals surface area contributed by atoms with Gasteiger partial charge in [0.2, 0.25) is 0 Å². The minimum Gasteiger partial charge on any atom is -0.309 e. The van der Waals surface area contributed by atoms with Crippen molar-refractivity contribution in [2.45, 2.75) is 0 Å². The number of nitrogens with one attached hydrogen (secondary N) is 2. The van der Waals surface area contributed by atoms with Crippen molar-refractivity contribution in [2.24, 2.45) is 15.9 Å². The predicted molar refractivity (Wildman–Crippen MR) is 35.4 cm³/mol. The summed E-state index contributed by atoms with van der Waals surface area (Å²) in [5.41, 5.74) is 5.97. The van der Waals surface area contributed by atoms with Crippen LogP contribution in [0, 0.1) is 5.92 Å². The monoisotopic (exact) mass is 124 g/mol. The number of amidine groups is 1. The topological polar surface area (TPSA) is 48.8 Å². The second-order valence-electron chi connectivity index (χ2n) is 2.20. The number of nitrogens with zero attached hydrogens (tertiary/aromatic N) is 2. The van der Waals surface area contributed by atoms with Crippen molar-refractivity contribution < 1.29 is 0 Å². The lowest BCUT2D eigenvalue weighted by atomic mass is 10.1. The maximum atomic E-state index is 4.04. The molecular weight excluding hydrogens is 116 g/mol. The predicted octanol–water partition coefficient (Wildman–Crippen LogP) is -0.849. The molecule has 0 radical (unpaired) electrons. The van der Waals surface area contributed by atoms with Gasteiger partial charge in [-0.2, -0.15) is 0 Å². The van der Waals surface area contributed by atoms with Crippen molar-refractivity contribution in [3.8, 4) is 0 Å². The molecule has 0 amide bonds. The van der Waals surface area contributed by atoms with Gasteiger partial charge < -0.3 is 5.43 Å². The summed E-state index contributed by atoms with van der Waals surface area (Å²) in [6, 6.07) is 0. The number of hydrazine groups is 1. The van der Waals surface area contributed by atoms with E-state index in [0.29, 0.717) is 5.92 Å². The molecule has 0 bridgehead atoms. The molecule has 1 unspecified atom stereocenters. The van der Waals surface area contributed by atoms with E-state index in [0.717, 1.165) is 18.9 Å². The minimum absolute atomic E-state index is 0.495. The Hall–Kier alpha value is -0.900. The van der Waals surface area contributed by atoms with Crippen LogP contribution >= 0.6 is 0 Å². The van der Waals surface area contributed by atoms with Gasteiger partial charge in [-0.15, -0.1) is 0 Å². The van der Waals surface area contributed by atoms with E-state index in [4.69, 9.17) is 0 Å². The van der Waals surface area contributed by atoms with Gasteiger partial charge in [0.25, 0.3) is 0 Å². The van der Waals surface area contributed by atoms with Gasteiger partial charge in [0.05, 0.1) is 12.5 Å². The molecule has 0 aromatic heterocycles. The van der Waals surface area contributed by atoms with Gasteiger partial charge in [-0.3, -0.25) is 4.99 Å². The minimum atomic E-state index is 0.495. The van der Waals surface area contributed by atoms with E-state index in [1.165, 1.54) is 0 Å². The Labute approximate surface area is 53.0 Å². The van der Waals surface area contributed by atoms with Gasteiger partial charge >= 0.3 is 0 Å². The maximum Gasteiger partial charge on any atom is 0.124 e. The zero-order chi connectivity index (χ0) is 6.10. The van der Waals surface area contributed by atoms with E-state index in [2.05, 4.69) is 20.8 Å². The van der Waals surface area contributed by atoms with Crippen LogP contribution < -0.4 is 10.9 Å². The third-order valence-electron chi connectivity index (χ3n) is 1.56. The molecule has 4 nitrogen and oxygen atoms in total. The highest BCUT2D eigenvalue weighted by Crippen LogP contribution is 2.04. The molecule has 2 rings (SSSR count). The summed E-state index contributed by atoms with van der Waals surface area (Å²) < 4.78 is 0. The molecule has 0 spiro atoms. The molecular formula is C5H8N4. The first-order valence-corrected chi connectivity index (χ1v) is 3.01. The van der Waals surface area contributed by atoms with Crippen molar-refractivity contribution in [1.82, 2.24) is 10.9 Å². The molecule has 1 fully saturated rings. The first kappa shape index (κ1) is 4.93. The van der Waals surface area contributed by atoms with Crippen LogP contribution in [0.25, 0.3) is 0 Å². The molecule has 2 aliphatic heterocycles. The van der Waals surface area contributed by atoms with E-state index >= 15 is 0 Å². The molecule has 4 heteroatoms. The van der Waals surface area contributed by atoms with E-state index in [1.807, 2.05) is 0 Å². The first-order valence-electron chi connectivity index (χ1n) is 3.01. The number of hydrogen-bond donors (Lipinski definition) is 2. The molecule has 9 heavy (non-hydrogen) atoms. The lowest BCUT2D eigenvalue weighted by molar-refractivity contribution is 0.660. The molecule has 1 atom stereocenters. The van der Waals surface area contributed by atoms with Gasteiger partial charge in [-0.25, -0.2) is 10.4 Å². The summed E-state index contributed by atoms with van der Waals surface area (Å²) in [4.78, 5) is 8.07. The van der Waals surface area contributed by atoms with Gasteiger partial charge in [0, 0.05) is 6.54 Å². The van der Waals surface area contributed by atoms with E-state index < -0.39 is 0 Å². The smallest absolute Gasteiger partial charge is 0.124 e. The molecule has 2 heterocycles. The number of aliphatic imine (C=N–C) groups is 2. The zero-order valence-electron chi connectivity index (χ0n) is 4.96. The summed E-state index contributed by atoms with van der Waals surface area (Å²) in [6.45, 7) is 1.83. The average Bonchev–Trinajstić information content (AvgIpc) is 2.33. The van der Waals surface area contributed by atoms with E-state index in [1.54, 1.807) is 6.34 Å². The summed E-state index contributed by atoms with van der Waals surface area (Å²) >= 11 is 0. The normalized spacial score (nSPS) is 31.1. The van der Waals surface area contributed by atoms with Gasteiger partial charge in [0.15, 0.2) is 0 Å². The summed E-state index contributed by atoms with van der Waals surface area (Å²) in [6.07, 6.45) is 1.60. The quantitative estimate of drug-likeness (QED) is 0.442. The highest BCUT2D eigenvalue weighted by Gasteiger charge is 2.22. The van der Waals surface area contributed by atoms with Crippen LogP contribution in [0.2, 0.25) is 0 Å². The lowest BCUT2D eigenvalue weighted by Gasteiger charge is -2.06. The Morgan fingerprint density at radius 1 is 1.67 bits per heavy atom. The lowest BCUT2D eigenvalue weighted by Crippen LogP contribution is -2.28. The molecule has 0 aromatic rings. The van der Waals surface area contributed by atoms with Crippen molar-refractivity contribution in [3.63, 3.8) is 0 Å². The summed E-state index contributed by atoms with van der Waals surface area (Å²) in [5.74, 6) is 1.53. The van der Waals surface area contributed by atoms with E-state index in [9.17, 15) is 0 Å². The van der Waals surface area contributed by atoms with Crippen LogP contribution in [0.1, 0.15) is 0 Å². The van der Waals surface area contributed by atoms with Crippen LogP contribution in [0.15, 0.2) is 9.98 Å². The number of fused-ring (bicyclic) bond motifs is 1. The summed E-state index contributed by atoms with van der Waals surface area (Å²) in [5, 5.41) is 0. The highest BCUT2D eigenvalue weighted by atomic mass is 15.4. The fourth-order valence-corrected chi connectivity index (χ4v) is 1.03. The Morgan fingerprint density at radius 3 is 3.56 bits per heavy atom. The molecule has 0 saturated carbocycles. The van der Waals surface area contributed by atoms with Crippen molar-refractivity contribution in [1.29, 1.82) is 0 Å². The highest BCUT2D eigenvalue weighted by molar-refractivity contribution is 5.93. The Kier molecular flexibility index (Phi) is 0.989. The number of hydrogen-bond acceptors (Lipinski definition) is 4. The number of rotatable bonds is 0. The SMILES string of the molecule is C1=NCC2CNNC2=N1. The zero-order valence-corrected chi connectivity index (χ0v) is 4.96. The Balaban J connectivity index is 2.23. The van der Waals surface area contributed by atoms with E-state index in [-0.39, 0.29) is 0 Å². The second kappa shape index (κ2) is 1.80. The summed E-state index contributed by atoms with van der Waals surface area (Å²) in [7, 11) is 0. The average molecular weight is 124 g/mol. The molecule has 0 aliphatic carbocycles. The molecule has 0 aromatic carbocycles.